The summed E-state index contributed by atoms with van der Waals surface area (Å²) in [6.07, 6.45) is 1.80. The molecule has 0 fully saturated rings. The largest absolute Gasteiger partial charge is 0.494 e. The highest BCUT2D eigenvalue weighted by molar-refractivity contribution is 9.10. The number of hydrogen-bond acceptors (Lipinski definition) is 8. The highest BCUT2D eigenvalue weighted by Gasteiger charge is 2.33. The third kappa shape index (κ3) is 6.48. The van der Waals surface area contributed by atoms with Crippen LogP contribution in [0, 0.1) is 0 Å². The molecule has 47 heavy (non-hydrogen) atoms. The van der Waals surface area contributed by atoms with E-state index in [4.69, 9.17) is 18.9 Å². The summed E-state index contributed by atoms with van der Waals surface area (Å²) >= 11 is 4.92. The summed E-state index contributed by atoms with van der Waals surface area (Å²) < 4.78 is 25.7. The van der Waals surface area contributed by atoms with Gasteiger partial charge in [-0.15, -0.1) is 0 Å². The molecule has 1 atom stereocenters. The Bertz CT molecular complexity index is 2180. The molecule has 0 unspecified atom stereocenters. The second kappa shape index (κ2) is 14.0. The van der Waals surface area contributed by atoms with E-state index in [1.807, 2.05) is 67.6 Å². The molecule has 0 spiro atoms. The van der Waals surface area contributed by atoms with Gasteiger partial charge in [0.15, 0.2) is 16.3 Å². The predicted molar refractivity (Wildman–Crippen MR) is 187 cm³/mol. The second-order valence-electron chi connectivity index (χ2n) is 10.8. The predicted octanol–water partition coefficient (Wildman–Crippen LogP) is 6.70. The molecule has 2 heterocycles. The van der Waals surface area contributed by atoms with Crippen LogP contribution < -0.4 is 29.1 Å². The van der Waals surface area contributed by atoms with Gasteiger partial charge in [0.1, 0.15) is 12.4 Å². The van der Waals surface area contributed by atoms with Crippen LogP contribution in [0.4, 0.5) is 0 Å². The molecular formula is C37H33BrN2O6S. The molecule has 0 amide bonds. The lowest BCUT2D eigenvalue weighted by Gasteiger charge is -2.24. The molecule has 240 valence electrons. The number of thiazole rings is 1. The minimum atomic E-state index is -0.714. The molecule has 0 saturated heterocycles. The molecule has 4 aromatic carbocycles. The van der Waals surface area contributed by atoms with Crippen LogP contribution in [0.5, 0.6) is 17.2 Å². The minimum Gasteiger partial charge on any atom is -0.494 e. The summed E-state index contributed by atoms with van der Waals surface area (Å²) in [6, 6.07) is 24.7. The SMILES string of the molecule is CCOC(=O)C1=C(C)N=c2s/c(=C\c3cc(Br)c(OCc4cccc5ccccc45)c(OC)c3)c(=O)n2[C@@H]1c1ccc(OCC)cc1. The fourth-order valence-electron chi connectivity index (χ4n) is 5.70. The molecule has 0 radical (unpaired) electrons. The van der Waals surface area contributed by atoms with E-state index in [-0.39, 0.29) is 12.2 Å². The smallest absolute Gasteiger partial charge is 0.338 e. The Hall–Kier alpha value is -4.67. The van der Waals surface area contributed by atoms with Crippen molar-refractivity contribution in [3.63, 3.8) is 0 Å². The number of aromatic nitrogens is 1. The number of hydrogen-bond donors (Lipinski definition) is 0. The number of carbonyl (C=O) groups excluding carboxylic acids is 1. The molecule has 8 nitrogen and oxygen atoms in total. The summed E-state index contributed by atoms with van der Waals surface area (Å²) in [4.78, 5) is 32.5. The summed E-state index contributed by atoms with van der Waals surface area (Å²) in [5.74, 6) is 1.27. The van der Waals surface area contributed by atoms with E-state index in [2.05, 4.69) is 39.1 Å². The number of ether oxygens (including phenoxy) is 4. The first-order valence-electron chi connectivity index (χ1n) is 15.2. The van der Waals surface area contributed by atoms with Gasteiger partial charge in [-0.25, -0.2) is 9.79 Å². The number of esters is 1. The molecular weight excluding hydrogens is 680 g/mol. The number of nitrogens with zero attached hydrogens (tertiary/aromatic N) is 2. The van der Waals surface area contributed by atoms with Gasteiger partial charge in [0, 0.05) is 0 Å². The highest BCUT2D eigenvalue weighted by Crippen LogP contribution is 2.38. The Kier molecular flexibility index (Phi) is 9.60. The zero-order chi connectivity index (χ0) is 33.1. The van der Waals surface area contributed by atoms with Gasteiger partial charge in [-0.3, -0.25) is 9.36 Å². The monoisotopic (exact) mass is 712 g/mol. The molecule has 1 aliphatic heterocycles. The average molecular weight is 714 g/mol. The molecule has 1 aliphatic rings. The summed E-state index contributed by atoms with van der Waals surface area (Å²) in [7, 11) is 1.58. The zero-order valence-corrected chi connectivity index (χ0v) is 28.8. The lowest BCUT2D eigenvalue weighted by Crippen LogP contribution is -2.39. The van der Waals surface area contributed by atoms with Gasteiger partial charge >= 0.3 is 5.97 Å². The van der Waals surface area contributed by atoms with Gasteiger partial charge in [-0.2, -0.15) is 0 Å². The van der Waals surface area contributed by atoms with Gasteiger partial charge in [0.25, 0.3) is 5.56 Å². The maximum Gasteiger partial charge on any atom is 0.338 e. The van der Waals surface area contributed by atoms with Crippen LogP contribution in [0.25, 0.3) is 16.8 Å². The van der Waals surface area contributed by atoms with Crippen molar-refractivity contribution in [3.8, 4) is 17.2 Å². The minimum absolute atomic E-state index is 0.203. The number of methoxy groups -OCH3 is 1. The van der Waals surface area contributed by atoms with Crippen LogP contribution >= 0.6 is 27.3 Å². The van der Waals surface area contributed by atoms with Gasteiger partial charge in [-0.1, -0.05) is 65.9 Å². The fraction of sp³-hybridized carbons (Fsp3) is 0.216. The average Bonchev–Trinajstić information content (AvgIpc) is 3.37. The van der Waals surface area contributed by atoms with Crippen LogP contribution in [-0.4, -0.2) is 30.9 Å². The van der Waals surface area contributed by atoms with Crippen molar-refractivity contribution in [1.82, 2.24) is 4.57 Å². The van der Waals surface area contributed by atoms with Gasteiger partial charge in [-0.05, 0) is 94.5 Å². The number of benzene rings is 4. The Balaban J connectivity index is 1.38. The number of fused-ring (bicyclic) bond motifs is 2. The van der Waals surface area contributed by atoms with Crippen molar-refractivity contribution < 1.29 is 23.7 Å². The van der Waals surface area contributed by atoms with E-state index < -0.39 is 12.0 Å². The van der Waals surface area contributed by atoms with Gasteiger partial charge < -0.3 is 18.9 Å². The fourth-order valence-corrected chi connectivity index (χ4v) is 7.32. The Morgan fingerprint density at radius 2 is 1.77 bits per heavy atom. The molecule has 0 aliphatic carbocycles. The molecule has 10 heteroatoms. The van der Waals surface area contributed by atoms with E-state index in [0.717, 1.165) is 27.5 Å². The molecule has 5 aromatic rings. The van der Waals surface area contributed by atoms with Crippen LogP contribution in [-0.2, 0) is 16.1 Å². The first kappa shape index (κ1) is 32.3. The Labute approximate surface area is 284 Å². The Morgan fingerprint density at radius 3 is 2.51 bits per heavy atom. The summed E-state index contributed by atoms with van der Waals surface area (Å²) in [6.45, 7) is 6.51. The number of rotatable bonds is 10. The standard InChI is InChI=1S/C37H33BrN2O6S/c1-5-44-27-16-14-25(15-17-27)33-32(36(42)45-6-2)22(3)39-37-40(33)35(41)31(47-37)20-23-18-29(38)34(30(19-23)43-4)46-21-26-12-9-11-24-10-7-8-13-28(24)26/h7-20,33H,5-6,21H2,1-4H3/b31-20-/t33-/m1/s1. The lowest BCUT2D eigenvalue weighted by molar-refractivity contribution is -0.139. The van der Waals surface area contributed by atoms with Crippen molar-refractivity contribution in [2.45, 2.75) is 33.4 Å². The van der Waals surface area contributed by atoms with Crippen molar-refractivity contribution in [1.29, 1.82) is 0 Å². The van der Waals surface area contributed by atoms with E-state index in [1.54, 1.807) is 31.6 Å². The molecule has 0 N–H and O–H groups in total. The summed E-state index contributed by atoms with van der Waals surface area (Å²) in [5, 5.41) is 2.27. The van der Waals surface area contributed by atoms with Gasteiger partial charge in [0.05, 0.1) is 46.6 Å². The first-order valence-corrected chi connectivity index (χ1v) is 16.8. The number of allylic oxidation sites excluding steroid dienone is 1. The van der Waals surface area contributed by atoms with Crippen molar-refractivity contribution in [3.05, 3.63) is 131 Å². The van der Waals surface area contributed by atoms with Crippen molar-refractivity contribution in [2.75, 3.05) is 20.3 Å². The van der Waals surface area contributed by atoms with Crippen molar-refractivity contribution >= 4 is 50.1 Å². The van der Waals surface area contributed by atoms with Crippen molar-refractivity contribution in [2.24, 2.45) is 4.99 Å². The van der Waals surface area contributed by atoms with E-state index in [9.17, 15) is 9.59 Å². The topological polar surface area (TPSA) is 88.4 Å². The summed E-state index contributed by atoms with van der Waals surface area (Å²) in [5.41, 5.74) is 3.10. The molecule has 1 aromatic heterocycles. The lowest BCUT2D eigenvalue weighted by atomic mass is 9.96. The molecule has 0 bridgehead atoms. The molecule has 6 rings (SSSR count). The van der Waals surface area contributed by atoms with Crippen LogP contribution in [0.2, 0.25) is 0 Å². The van der Waals surface area contributed by atoms with Gasteiger partial charge in [0.2, 0.25) is 0 Å². The molecule has 0 saturated carbocycles. The van der Waals surface area contributed by atoms with E-state index >= 15 is 0 Å². The van der Waals surface area contributed by atoms with Crippen LogP contribution in [0.1, 0.15) is 43.5 Å². The third-order valence-corrected chi connectivity index (χ3v) is 9.40. The maximum atomic E-state index is 14.1. The van der Waals surface area contributed by atoms with Crippen LogP contribution in [0.3, 0.4) is 0 Å². The van der Waals surface area contributed by atoms with E-state index in [1.165, 1.54) is 11.3 Å². The second-order valence-corrected chi connectivity index (χ2v) is 12.6. The Morgan fingerprint density at radius 1 is 1.00 bits per heavy atom. The quantitative estimate of drug-likeness (QED) is 0.150. The first-order chi connectivity index (χ1) is 22.8. The highest BCUT2D eigenvalue weighted by atomic mass is 79.9. The zero-order valence-electron chi connectivity index (χ0n) is 26.4. The third-order valence-electron chi connectivity index (χ3n) is 7.83. The maximum absolute atomic E-state index is 14.1. The number of halogens is 1. The van der Waals surface area contributed by atoms with Crippen LogP contribution in [0.15, 0.2) is 104 Å². The number of carbonyl (C=O) groups is 1. The van der Waals surface area contributed by atoms with E-state index in [0.29, 0.717) is 55.5 Å². The normalized spacial score (nSPS) is 14.5.